The van der Waals surface area contributed by atoms with Crippen molar-refractivity contribution < 1.29 is 4.79 Å². The molecule has 144 valence electrons. The normalized spacial score (nSPS) is 11.1. The Kier molecular flexibility index (Phi) is 6.05. The summed E-state index contributed by atoms with van der Waals surface area (Å²) in [6.07, 6.45) is 3.48. The number of hydrogen-bond acceptors (Lipinski definition) is 4. The third-order valence-electron chi connectivity index (χ3n) is 4.27. The standard InChI is InChI=1S/C23H25N3OS/c1-16-10-11-17(13-21(16)26-28-20-8-6-5-7-9-20)18-12-19(15-24-14-18)25-22(27)23(2,3)4/h5-15,26H,1-4H3,(H,25,27). The van der Waals surface area contributed by atoms with E-state index in [1.807, 2.05) is 51.2 Å². The monoisotopic (exact) mass is 391 g/mol. The van der Waals surface area contributed by atoms with E-state index in [1.54, 1.807) is 18.1 Å². The maximum Gasteiger partial charge on any atom is 0.229 e. The second kappa shape index (κ2) is 8.48. The molecule has 0 radical (unpaired) electrons. The molecule has 5 heteroatoms. The van der Waals surface area contributed by atoms with Gasteiger partial charge in [0.15, 0.2) is 0 Å². The molecule has 2 aromatic carbocycles. The van der Waals surface area contributed by atoms with Crippen molar-refractivity contribution in [2.24, 2.45) is 5.41 Å². The summed E-state index contributed by atoms with van der Waals surface area (Å²) in [5.74, 6) is -0.0306. The third kappa shape index (κ3) is 5.14. The van der Waals surface area contributed by atoms with Crippen LogP contribution in [-0.2, 0) is 4.79 Å². The molecule has 0 saturated carbocycles. The minimum Gasteiger partial charge on any atom is -0.325 e. The van der Waals surface area contributed by atoms with Crippen molar-refractivity contribution in [1.82, 2.24) is 4.98 Å². The summed E-state index contributed by atoms with van der Waals surface area (Å²) in [5.41, 5.74) is 4.46. The molecule has 0 aliphatic heterocycles. The maximum absolute atomic E-state index is 12.2. The van der Waals surface area contributed by atoms with Crippen LogP contribution in [0.5, 0.6) is 0 Å². The Labute approximate surface area is 170 Å². The van der Waals surface area contributed by atoms with Crippen molar-refractivity contribution in [2.75, 3.05) is 10.0 Å². The van der Waals surface area contributed by atoms with E-state index in [4.69, 9.17) is 0 Å². The van der Waals surface area contributed by atoms with Crippen LogP contribution in [-0.4, -0.2) is 10.9 Å². The Morgan fingerprint density at radius 3 is 2.43 bits per heavy atom. The quantitative estimate of drug-likeness (QED) is 0.511. The van der Waals surface area contributed by atoms with Gasteiger partial charge in [-0.05, 0) is 54.3 Å². The summed E-state index contributed by atoms with van der Waals surface area (Å²) < 4.78 is 3.43. The molecule has 0 bridgehead atoms. The molecule has 28 heavy (non-hydrogen) atoms. The number of nitrogens with zero attached hydrogens (tertiary/aromatic N) is 1. The van der Waals surface area contributed by atoms with Crippen LogP contribution in [0.1, 0.15) is 26.3 Å². The number of carbonyl (C=O) groups excluding carboxylic acids is 1. The Bertz CT molecular complexity index is 965. The summed E-state index contributed by atoms with van der Waals surface area (Å²) in [5, 5.41) is 2.94. The van der Waals surface area contributed by atoms with E-state index in [0.29, 0.717) is 5.69 Å². The van der Waals surface area contributed by atoms with Gasteiger partial charge in [0, 0.05) is 27.8 Å². The van der Waals surface area contributed by atoms with Crippen molar-refractivity contribution in [3.05, 3.63) is 72.6 Å². The Balaban J connectivity index is 1.80. The molecule has 0 fully saturated rings. The van der Waals surface area contributed by atoms with Gasteiger partial charge in [-0.1, -0.05) is 51.1 Å². The number of anilines is 2. The van der Waals surface area contributed by atoms with E-state index in [-0.39, 0.29) is 5.91 Å². The highest BCUT2D eigenvalue weighted by Gasteiger charge is 2.21. The van der Waals surface area contributed by atoms with Crippen LogP contribution in [0.4, 0.5) is 11.4 Å². The molecule has 1 aromatic heterocycles. The van der Waals surface area contributed by atoms with Crippen LogP contribution in [0.3, 0.4) is 0 Å². The lowest BCUT2D eigenvalue weighted by atomic mass is 9.95. The van der Waals surface area contributed by atoms with E-state index in [2.05, 4.69) is 52.3 Å². The number of nitrogens with one attached hydrogen (secondary N) is 2. The summed E-state index contributed by atoms with van der Waals surface area (Å²) in [7, 11) is 0. The molecule has 1 amide bonds. The molecule has 0 unspecified atom stereocenters. The topological polar surface area (TPSA) is 54.0 Å². The van der Waals surface area contributed by atoms with E-state index in [0.717, 1.165) is 27.3 Å². The van der Waals surface area contributed by atoms with Crippen LogP contribution in [0.2, 0.25) is 0 Å². The minimum absolute atomic E-state index is 0.0306. The third-order valence-corrected chi connectivity index (χ3v) is 5.10. The van der Waals surface area contributed by atoms with Gasteiger partial charge in [0.2, 0.25) is 5.91 Å². The van der Waals surface area contributed by atoms with Gasteiger partial charge >= 0.3 is 0 Å². The number of pyridine rings is 1. The molecule has 0 atom stereocenters. The van der Waals surface area contributed by atoms with Gasteiger partial charge in [0.05, 0.1) is 11.9 Å². The van der Waals surface area contributed by atoms with Gasteiger partial charge in [-0.15, -0.1) is 0 Å². The van der Waals surface area contributed by atoms with Crippen LogP contribution in [0, 0.1) is 12.3 Å². The van der Waals surface area contributed by atoms with E-state index < -0.39 is 5.41 Å². The number of benzene rings is 2. The lowest BCUT2D eigenvalue weighted by molar-refractivity contribution is -0.123. The molecule has 3 aromatic rings. The fourth-order valence-electron chi connectivity index (χ4n) is 2.50. The van der Waals surface area contributed by atoms with Gasteiger partial charge in [-0.3, -0.25) is 9.78 Å². The SMILES string of the molecule is Cc1ccc(-c2cncc(NC(=O)C(C)(C)C)c2)cc1NSc1ccccc1. The summed E-state index contributed by atoms with van der Waals surface area (Å²) >= 11 is 1.58. The number of carbonyl (C=O) groups is 1. The predicted octanol–water partition coefficient (Wildman–Crippen LogP) is 6.16. The minimum atomic E-state index is -0.453. The highest BCUT2D eigenvalue weighted by molar-refractivity contribution is 8.00. The molecule has 0 aliphatic rings. The zero-order valence-corrected chi connectivity index (χ0v) is 17.4. The van der Waals surface area contributed by atoms with Gasteiger partial charge < -0.3 is 10.0 Å². The van der Waals surface area contributed by atoms with Gasteiger partial charge in [0.1, 0.15) is 0 Å². The first kappa shape index (κ1) is 20.0. The molecule has 0 aliphatic carbocycles. The maximum atomic E-state index is 12.2. The molecule has 0 saturated heterocycles. The number of amides is 1. The predicted molar refractivity (Wildman–Crippen MR) is 118 cm³/mol. The van der Waals surface area contributed by atoms with Gasteiger partial charge in [-0.25, -0.2) is 0 Å². The molecule has 0 spiro atoms. The van der Waals surface area contributed by atoms with Gasteiger partial charge in [-0.2, -0.15) is 0 Å². The lowest BCUT2D eigenvalue weighted by Crippen LogP contribution is -2.27. The van der Waals surface area contributed by atoms with Crippen LogP contribution < -0.4 is 10.0 Å². The van der Waals surface area contributed by atoms with E-state index in [1.165, 1.54) is 0 Å². The smallest absolute Gasteiger partial charge is 0.229 e. The lowest BCUT2D eigenvalue weighted by Gasteiger charge is -2.18. The molecule has 4 nitrogen and oxygen atoms in total. The van der Waals surface area contributed by atoms with Crippen LogP contribution >= 0.6 is 11.9 Å². The van der Waals surface area contributed by atoms with Crippen molar-refractivity contribution in [3.63, 3.8) is 0 Å². The Hall–Kier alpha value is -2.79. The van der Waals surface area contributed by atoms with Crippen molar-refractivity contribution >= 4 is 29.2 Å². The molecular formula is C23H25N3OS. The number of aromatic nitrogens is 1. The molecule has 2 N–H and O–H groups in total. The van der Waals surface area contributed by atoms with Crippen LogP contribution in [0.25, 0.3) is 11.1 Å². The van der Waals surface area contributed by atoms with Crippen molar-refractivity contribution in [2.45, 2.75) is 32.6 Å². The fraction of sp³-hybridized carbons (Fsp3) is 0.217. The number of rotatable bonds is 5. The highest BCUT2D eigenvalue weighted by Crippen LogP contribution is 2.30. The second-order valence-corrected chi connectivity index (χ2v) is 8.59. The molecule has 3 rings (SSSR count). The van der Waals surface area contributed by atoms with E-state index >= 15 is 0 Å². The zero-order valence-electron chi connectivity index (χ0n) is 16.6. The summed E-state index contributed by atoms with van der Waals surface area (Å²) in [6.45, 7) is 7.75. The van der Waals surface area contributed by atoms with Gasteiger partial charge in [0.25, 0.3) is 0 Å². The van der Waals surface area contributed by atoms with Crippen LogP contribution in [0.15, 0.2) is 71.9 Å². The Morgan fingerprint density at radius 2 is 1.71 bits per heavy atom. The second-order valence-electron chi connectivity index (χ2n) is 7.71. The van der Waals surface area contributed by atoms with Crippen molar-refractivity contribution in [1.29, 1.82) is 0 Å². The number of hydrogen-bond donors (Lipinski definition) is 2. The molecule has 1 heterocycles. The Morgan fingerprint density at radius 1 is 0.964 bits per heavy atom. The largest absolute Gasteiger partial charge is 0.325 e. The average Bonchev–Trinajstić information content (AvgIpc) is 2.67. The summed E-state index contributed by atoms with van der Waals surface area (Å²) in [6, 6.07) is 18.4. The fourth-order valence-corrected chi connectivity index (χ4v) is 3.24. The first-order valence-electron chi connectivity index (χ1n) is 9.18. The average molecular weight is 392 g/mol. The molecular weight excluding hydrogens is 366 g/mol. The highest BCUT2D eigenvalue weighted by atomic mass is 32.2. The van der Waals surface area contributed by atoms with Crippen molar-refractivity contribution in [3.8, 4) is 11.1 Å². The first-order chi connectivity index (χ1) is 13.3. The zero-order chi connectivity index (χ0) is 20.1. The number of aryl methyl sites for hydroxylation is 1. The van der Waals surface area contributed by atoms with E-state index in [9.17, 15) is 4.79 Å². The first-order valence-corrected chi connectivity index (χ1v) is 10.00. The summed E-state index contributed by atoms with van der Waals surface area (Å²) in [4.78, 5) is 17.7.